The van der Waals surface area contributed by atoms with E-state index in [9.17, 15) is 4.79 Å². The second kappa shape index (κ2) is 6.94. The fraction of sp³-hybridized carbons (Fsp3) is 0.533. The predicted molar refractivity (Wildman–Crippen MR) is 87.5 cm³/mol. The number of benzene rings is 1. The predicted octanol–water partition coefficient (Wildman–Crippen LogP) is 4.34. The summed E-state index contributed by atoms with van der Waals surface area (Å²) in [5, 5.41) is 0. The molecule has 0 N–H and O–H groups in total. The average molecular weight is 405 g/mol. The summed E-state index contributed by atoms with van der Waals surface area (Å²) in [5.74, 6) is 0. The first-order valence-electron chi connectivity index (χ1n) is 6.84. The Morgan fingerprint density at radius 2 is 2.15 bits per heavy atom. The van der Waals surface area contributed by atoms with Gasteiger partial charge in [0.15, 0.2) is 0 Å². The zero-order chi connectivity index (χ0) is 14.6. The van der Waals surface area contributed by atoms with Gasteiger partial charge in [0.1, 0.15) is 6.61 Å². The van der Waals surface area contributed by atoms with Crippen molar-refractivity contribution in [1.29, 1.82) is 0 Å². The fourth-order valence-corrected chi connectivity index (χ4v) is 3.53. The van der Waals surface area contributed by atoms with Crippen LogP contribution < -0.4 is 0 Å². The second-order valence-corrected chi connectivity index (χ2v) is 7.79. The molecule has 1 aliphatic rings. The number of amides is 1. The highest BCUT2D eigenvalue weighted by Gasteiger charge is 2.40. The van der Waals surface area contributed by atoms with E-state index in [4.69, 9.17) is 4.74 Å². The number of hydrogen-bond acceptors (Lipinski definition) is 2. The van der Waals surface area contributed by atoms with Crippen molar-refractivity contribution >= 4 is 38.0 Å². The maximum atomic E-state index is 12.1. The van der Waals surface area contributed by atoms with Gasteiger partial charge in [-0.15, -0.1) is 0 Å². The molecule has 3 nitrogen and oxygen atoms in total. The second-order valence-electron chi connectivity index (χ2n) is 5.11. The van der Waals surface area contributed by atoms with Gasteiger partial charge in [-0.1, -0.05) is 69.1 Å². The number of rotatable bonds is 3. The lowest BCUT2D eigenvalue weighted by Crippen LogP contribution is -2.52. The molecule has 20 heavy (non-hydrogen) atoms. The van der Waals surface area contributed by atoms with Crippen molar-refractivity contribution in [2.45, 2.75) is 35.5 Å². The molecule has 0 saturated carbocycles. The van der Waals surface area contributed by atoms with Crippen molar-refractivity contribution < 1.29 is 9.53 Å². The number of alkyl halides is 2. The first kappa shape index (κ1) is 15.8. The van der Waals surface area contributed by atoms with Gasteiger partial charge >= 0.3 is 6.09 Å². The molecule has 1 aromatic carbocycles. The van der Waals surface area contributed by atoms with Gasteiger partial charge in [0.2, 0.25) is 0 Å². The van der Waals surface area contributed by atoms with Crippen LogP contribution in [0, 0.1) is 0 Å². The summed E-state index contributed by atoms with van der Waals surface area (Å²) in [6.07, 6.45) is 1.66. The third kappa shape index (κ3) is 3.76. The number of ether oxygens (including phenoxy) is 1. The Hall–Kier alpha value is -0.550. The van der Waals surface area contributed by atoms with Crippen molar-refractivity contribution in [2.24, 2.45) is 0 Å². The first-order valence-corrected chi connectivity index (χ1v) is 8.54. The van der Waals surface area contributed by atoms with Crippen molar-refractivity contribution in [3.63, 3.8) is 0 Å². The minimum atomic E-state index is -0.231. The highest BCUT2D eigenvalue weighted by Crippen LogP contribution is 2.38. The van der Waals surface area contributed by atoms with Gasteiger partial charge in [-0.2, -0.15) is 0 Å². The van der Waals surface area contributed by atoms with E-state index in [1.807, 2.05) is 30.3 Å². The maximum absolute atomic E-state index is 12.1. The molecular weight excluding hydrogens is 386 g/mol. The number of piperidine rings is 1. The van der Waals surface area contributed by atoms with E-state index in [2.05, 4.69) is 38.8 Å². The van der Waals surface area contributed by atoms with E-state index < -0.39 is 0 Å². The molecule has 1 amide bonds. The van der Waals surface area contributed by atoms with Gasteiger partial charge in [-0.05, 0) is 18.4 Å². The van der Waals surface area contributed by atoms with Crippen molar-refractivity contribution in [1.82, 2.24) is 4.90 Å². The monoisotopic (exact) mass is 403 g/mol. The van der Waals surface area contributed by atoms with Crippen molar-refractivity contribution in [2.75, 3.05) is 13.1 Å². The normalized spacial score (nSPS) is 26.4. The summed E-state index contributed by atoms with van der Waals surface area (Å²) in [4.78, 5) is 14.3. The molecule has 1 aliphatic heterocycles. The summed E-state index contributed by atoms with van der Waals surface area (Å²) in [7, 11) is 0. The van der Waals surface area contributed by atoms with E-state index in [1.165, 1.54) is 0 Å². The molecule has 0 spiro atoms. The first-order chi connectivity index (χ1) is 9.55. The van der Waals surface area contributed by atoms with Gasteiger partial charge in [-0.25, -0.2) is 4.79 Å². The molecule has 5 heteroatoms. The van der Waals surface area contributed by atoms with Crippen LogP contribution in [0.4, 0.5) is 4.79 Å². The lowest BCUT2D eigenvalue weighted by atomic mass is 9.95. The van der Waals surface area contributed by atoms with E-state index in [1.54, 1.807) is 4.90 Å². The lowest BCUT2D eigenvalue weighted by molar-refractivity contribution is 0.0847. The Kier molecular flexibility index (Phi) is 5.49. The van der Waals surface area contributed by atoms with Crippen LogP contribution in [0.25, 0.3) is 0 Å². The minimum Gasteiger partial charge on any atom is -0.445 e. The van der Waals surface area contributed by atoms with Crippen molar-refractivity contribution in [3.05, 3.63) is 35.9 Å². The zero-order valence-corrected chi connectivity index (χ0v) is 14.7. The summed E-state index contributed by atoms with van der Waals surface area (Å²) < 4.78 is 5.33. The average Bonchev–Trinajstić information content (AvgIpc) is 2.48. The summed E-state index contributed by atoms with van der Waals surface area (Å²) >= 11 is 7.47. The zero-order valence-electron chi connectivity index (χ0n) is 11.5. The SMILES string of the molecule is CCC1(Br)CN(C(=O)OCc2ccccc2)CCC1Br. The van der Waals surface area contributed by atoms with Crippen molar-refractivity contribution in [3.8, 4) is 0 Å². The number of carbonyl (C=O) groups excluding carboxylic acids is 1. The quantitative estimate of drug-likeness (QED) is 0.701. The number of likely N-dealkylation sites (tertiary alicyclic amines) is 1. The molecule has 0 aromatic heterocycles. The Balaban J connectivity index is 1.90. The molecule has 1 heterocycles. The fourth-order valence-electron chi connectivity index (χ4n) is 2.32. The van der Waals surface area contributed by atoms with Crippen LogP contribution >= 0.6 is 31.9 Å². The smallest absolute Gasteiger partial charge is 0.410 e. The Morgan fingerprint density at radius 3 is 2.80 bits per heavy atom. The Bertz CT molecular complexity index is 454. The molecule has 0 aliphatic carbocycles. The molecule has 2 unspecified atom stereocenters. The molecule has 110 valence electrons. The lowest BCUT2D eigenvalue weighted by Gasteiger charge is -2.41. The molecule has 0 bridgehead atoms. The van der Waals surface area contributed by atoms with E-state index in [-0.39, 0.29) is 10.4 Å². The largest absolute Gasteiger partial charge is 0.445 e. The molecular formula is C15H19Br2NO2. The number of nitrogens with zero attached hydrogens (tertiary/aromatic N) is 1. The minimum absolute atomic E-state index is 0.0585. The maximum Gasteiger partial charge on any atom is 0.410 e. The third-order valence-corrected chi connectivity index (χ3v) is 7.03. The highest BCUT2D eigenvalue weighted by molar-refractivity contribution is 9.12. The molecule has 0 radical (unpaired) electrons. The van der Waals surface area contributed by atoms with Crippen LogP contribution in [-0.4, -0.2) is 33.2 Å². The van der Waals surface area contributed by atoms with E-state index in [0.717, 1.165) is 24.9 Å². The summed E-state index contributed by atoms with van der Waals surface area (Å²) in [6.45, 7) is 3.86. The van der Waals surface area contributed by atoms with Gasteiger partial charge in [0, 0.05) is 17.9 Å². The third-order valence-electron chi connectivity index (χ3n) is 3.72. The highest BCUT2D eigenvalue weighted by atomic mass is 79.9. The summed E-state index contributed by atoms with van der Waals surface area (Å²) in [6, 6.07) is 9.75. The molecule has 1 saturated heterocycles. The topological polar surface area (TPSA) is 29.5 Å². The molecule has 2 atom stereocenters. The Labute approximate surface area is 136 Å². The summed E-state index contributed by atoms with van der Waals surface area (Å²) in [5.41, 5.74) is 1.01. The molecule has 1 fully saturated rings. The standard InChI is InChI=1S/C15H19Br2NO2/c1-2-15(17)11-18(9-8-13(15)16)14(19)20-10-12-6-4-3-5-7-12/h3-7,13H,2,8-11H2,1H3. The number of hydrogen-bond donors (Lipinski definition) is 0. The van der Waals surface area contributed by atoms with Crippen LogP contribution in [0.5, 0.6) is 0 Å². The van der Waals surface area contributed by atoms with E-state index in [0.29, 0.717) is 18.0 Å². The van der Waals surface area contributed by atoms with Gasteiger partial charge < -0.3 is 9.64 Å². The Morgan fingerprint density at radius 1 is 1.45 bits per heavy atom. The van der Waals surface area contributed by atoms with Crippen LogP contribution in [0.3, 0.4) is 0 Å². The van der Waals surface area contributed by atoms with Gasteiger partial charge in [0.05, 0.1) is 4.32 Å². The van der Waals surface area contributed by atoms with E-state index >= 15 is 0 Å². The van der Waals surface area contributed by atoms with Crippen LogP contribution in [0.2, 0.25) is 0 Å². The van der Waals surface area contributed by atoms with Crippen LogP contribution in [-0.2, 0) is 11.3 Å². The van der Waals surface area contributed by atoms with Gasteiger partial charge in [-0.3, -0.25) is 0 Å². The number of carbonyl (C=O) groups is 1. The molecule has 1 aromatic rings. The van der Waals surface area contributed by atoms with Crippen LogP contribution in [0.1, 0.15) is 25.3 Å². The van der Waals surface area contributed by atoms with Crippen LogP contribution in [0.15, 0.2) is 30.3 Å². The number of halogens is 2. The van der Waals surface area contributed by atoms with Gasteiger partial charge in [0.25, 0.3) is 0 Å². The molecule has 2 rings (SSSR count).